The second-order valence-corrected chi connectivity index (χ2v) is 4.76. The fourth-order valence-corrected chi connectivity index (χ4v) is 2.34. The highest BCUT2D eigenvalue weighted by atomic mass is 19.1. The van der Waals surface area contributed by atoms with Gasteiger partial charge in [-0.1, -0.05) is 6.07 Å². The van der Waals surface area contributed by atoms with Crippen LogP contribution in [0.1, 0.15) is 11.1 Å². The Labute approximate surface area is 117 Å². The number of carbonyl (C=O) groups excluding carboxylic acids is 1. The van der Waals surface area contributed by atoms with Crippen molar-refractivity contribution in [2.75, 3.05) is 26.9 Å². The van der Waals surface area contributed by atoms with Crippen molar-refractivity contribution in [1.29, 1.82) is 0 Å². The number of nitrogens with zero attached hydrogens (tertiary/aromatic N) is 1. The largest absolute Gasteiger partial charge is 0.468 e. The van der Waals surface area contributed by atoms with Gasteiger partial charge in [0, 0.05) is 19.6 Å². The SMILES string of the molecule is COC(=O)C1COCCN1Cc1cc(F)cc(CN)c1. The highest BCUT2D eigenvalue weighted by Gasteiger charge is 2.30. The van der Waals surface area contributed by atoms with Crippen LogP contribution in [0.15, 0.2) is 18.2 Å². The van der Waals surface area contributed by atoms with Gasteiger partial charge in [0.2, 0.25) is 0 Å². The molecule has 1 aliphatic heterocycles. The van der Waals surface area contributed by atoms with Crippen molar-refractivity contribution >= 4 is 5.97 Å². The van der Waals surface area contributed by atoms with Gasteiger partial charge in [0.25, 0.3) is 0 Å². The summed E-state index contributed by atoms with van der Waals surface area (Å²) in [5.41, 5.74) is 7.08. The van der Waals surface area contributed by atoms with Gasteiger partial charge < -0.3 is 15.2 Å². The summed E-state index contributed by atoms with van der Waals surface area (Å²) in [5, 5.41) is 0. The number of benzene rings is 1. The van der Waals surface area contributed by atoms with Gasteiger partial charge in [-0.25, -0.2) is 4.39 Å². The minimum absolute atomic E-state index is 0.286. The fraction of sp³-hybridized carbons (Fsp3) is 0.500. The van der Waals surface area contributed by atoms with E-state index in [0.717, 1.165) is 11.1 Å². The summed E-state index contributed by atoms with van der Waals surface area (Å²) in [4.78, 5) is 13.7. The Balaban J connectivity index is 2.14. The average molecular weight is 282 g/mol. The van der Waals surface area contributed by atoms with Crippen LogP contribution in [-0.2, 0) is 27.4 Å². The summed E-state index contributed by atoms with van der Waals surface area (Å²) >= 11 is 0. The summed E-state index contributed by atoms with van der Waals surface area (Å²) in [7, 11) is 1.35. The molecule has 0 aliphatic carbocycles. The summed E-state index contributed by atoms with van der Waals surface area (Å²) in [6.07, 6.45) is 0. The first-order valence-electron chi connectivity index (χ1n) is 6.52. The lowest BCUT2D eigenvalue weighted by Crippen LogP contribution is -2.49. The van der Waals surface area contributed by atoms with E-state index >= 15 is 0 Å². The Morgan fingerprint density at radius 2 is 2.25 bits per heavy atom. The topological polar surface area (TPSA) is 64.8 Å². The predicted octanol–water partition coefficient (Wildman–Crippen LogP) is 0.658. The molecule has 1 aromatic carbocycles. The van der Waals surface area contributed by atoms with Crippen LogP contribution >= 0.6 is 0 Å². The smallest absolute Gasteiger partial charge is 0.325 e. The van der Waals surface area contributed by atoms with E-state index in [0.29, 0.717) is 26.3 Å². The predicted molar refractivity (Wildman–Crippen MR) is 71.3 cm³/mol. The van der Waals surface area contributed by atoms with Crippen molar-refractivity contribution in [2.24, 2.45) is 5.73 Å². The van der Waals surface area contributed by atoms with Crippen molar-refractivity contribution in [3.8, 4) is 0 Å². The lowest BCUT2D eigenvalue weighted by atomic mass is 10.1. The Bertz CT molecular complexity index is 481. The summed E-state index contributed by atoms with van der Waals surface area (Å²) < 4.78 is 23.6. The Kier molecular flexibility index (Phi) is 5.05. The standard InChI is InChI=1S/C14H19FN2O3/c1-19-14(18)13-9-20-3-2-17(13)8-11-4-10(7-16)5-12(15)6-11/h4-6,13H,2-3,7-9,16H2,1H3. The molecule has 5 nitrogen and oxygen atoms in total. The molecule has 1 heterocycles. The summed E-state index contributed by atoms with van der Waals surface area (Å²) in [6.45, 7) is 2.20. The van der Waals surface area contributed by atoms with Crippen LogP contribution in [0.25, 0.3) is 0 Å². The molecule has 0 saturated carbocycles. The molecule has 20 heavy (non-hydrogen) atoms. The van der Waals surface area contributed by atoms with Crippen molar-refractivity contribution < 1.29 is 18.7 Å². The molecule has 1 aromatic rings. The van der Waals surface area contributed by atoms with Gasteiger partial charge >= 0.3 is 5.97 Å². The molecule has 0 spiro atoms. The van der Waals surface area contributed by atoms with Crippen LogP contribution in [0.2, 0.25) is 0 Å². The lowest BCUT2D eigenvalue weighted by molar-refractivity contribution is -0.153. The number of halogens is 1. The molecule has 1 atom stereocenters. The van der Waals surface area contributed by atoms with E-state index in [-0.39, 0.29) is 18.3 Å². The molecule has 110 valence electrons. The minimum Gasteiger partial charge on any atom is -0.468 e. The quantitative estimate of drug-likeness (QED) is 0.822. The number of methoxy groups -OCH3 is 1. The third kappa shape index (κ3) is 3.53. The molecule has 1 aliphatic rings. The maximum Gasteiger partial charge on any atom is 0.325 e. The number of morpholine rings is 1. The molecule has 0 aromatic heterocycles. The molecule has 1 fully saturated rings. The number of rotatable bonds is 4. The number of carbonyl (C=O) groups is 1. The first kappa shape index (κ1) is 14.9. The van der Waals surface area contributed by atoms with E-state index in [2.05, 4.69) is 0 Å². The third-order valence-electron chi connectivity index (χ3n) is 3.35. The van der Waals surface area contributed by atoms with Crippen LogP contribution in [0, 0.1) is 5.82 Å². The highest BCUT2D eigenvalue weighted by molar-refractivity contribution is 5.75. The number of nitrogens with two attached hydrogens (primary N) is 1. The van der Waals surface area contributed by atoms with Crippen LogP contribution in [0.3, 0.4) is 0 Å². The molecule has 2 N–H and O–H groups in total. The van der Waals surface area contributed by atoms with Gasteiger partial charge in [0.1, 0.15) is 11.9 Å². The minimum atomic E-state index is -0.446. The van der Waals surface area contributed by atoms with Crippen molar-refractivity contribution in [2.45, 2.75) is 19.1 Å². The zero-order valence-electron chi connectivity index (χ0n) is 11.5. The van der Waals surface area contributed by atoms with E-state index in [1.165, 1.54) is 19.2 Å². The second-order valence-electron chi connectivity index (χ2n) is 4.76. The van der Waals surface area contributed by atoms with Gasteiger partial charge in [-0.3, -0.25) is 9.69 Å². The molecular weight excluding hydrogens is 263 g/mol. The van der Waals surface area contributed by atoms with Gasteiger partial charge in [-0.05, 0) is 23.3 Å². The maximum atomic E-state index is 13.5. The van der Waals surface area contributed by atoms with Crippen LogP contribution in [-0.4, -0.2) is 43.8 Å². The number of esters is 1. The fourth-order valence-electron chi connectivity index (χ4n) is 2.34. The maximum absolute atomic E-state index is 13.5. The Morgan fingerprint density at radius 1 is 1.50 bits per heavy atom. The van der Waals surface area contributed by atoms with Crippen molar-refractivity contribution in [1.82, 2.24) is 4.90 Å². The highest BCUT2D eigenvalue weighted by Crippen LogP contribution is 2.16. The van der Waals surface area contributed by atoms with E-state index in [4.69, 9.17) is 15.2 Å². The summed E-state index contributed by atoms with van der Waals surface area (Å²) in [5.74, 6) is -0.647. The lowest BCUT2D eigenvalue weighted by Gasteiger charge is -2.33. The third-order valence-corrected chi connectivity index (χ3v) is 3.35. The normalized spacial score (nSPS) is 19.9. The van der Waals surface area contributed by atoms with Crippen LogP contribution in [0.4, 0.5) is 4.39 Å². The molecule has 1 saturated heterocycles. The van der Waals surface area contributed by atoms with Gasteiger partial charge in [0.05, 0.1) is 20.3 Å². The molecule has 0 amide bonds. The van der Waals surface area contributed by atoms with Gasteiger partial charge in [-0.15, -0.1) is 0 Å². The zero-order valence-corrected chi connectivity index (χ0v) is 11.5. The molecular formula is C14H19FN2O3. The van der Waals surface area contributed by atoms with Crippen LogP contribution < -0.4 is 5.73 Å². The average Bonchev–Trinajstić information content (AvgIpc) is 2.46. The van der Waals surface area contributed by atoms with E-state index in [9.17, 15) is 9.18 Å². The monoisotopic (exact) mass is 282 g/mol. The molecule has 0 radical (unpaired) electrons. The Hall–Kier alpha value is -1.50. The number of hydrogen-bond donors (Lipinski definition) is 1. The summed E-state index contributed by atoms with van der Waals surface area (Å²) in [6, 6.07) is 4.29. The zero-order chi connectivity index (χ0) is 14.5. The van der Waals surface area contributed by atoms with E-state index in [1.807, 2.05) is 11.0 Å². The molecule has 0 bridgehead atoms. The van der Waals surface area contributed by atoms with Crippen molar-refractivity contribution in [3.05, 3.63) is 35.1 Å². The van der Waals surface area contributed by atoms with Gasteiger partial charge in [0.15, 0.2) is 0 Å². The first-order chi connectivity index (χ1) is 9.63. The van der Waals surface area contributed by atoms with Crippen LogP contribution in [0.5, 0.6) is 0 Å². The number of hydrogen-bond acceptors (Lipinski definition) is 5. The first-order valence-corrected chi connectivity index (χ1v) is 6.52. The van der Waals surface area contributed by atoms with Gasteiger partial charge in [-0.2, -0.15) is 0 Å². The van der Waals surface area contributed by atoms with E-state index in [1.54, 1.807) is 0 Å². The number of ether oxygens (including phenoxy) is 2. The molecule has 2 rings (SSSR count). The van der Waals surface area contributed by atoms with E-state index < -0.39 is 6.04 Å². The second kappa shape index (κ2) is 6.78. The Morgan fingerprint density at radius 3 is 2.95 bits per heavy atom. The van der Waals surface area contributed by atoms with Crippen molar-refractivity contribution in [3.63, 3.8) is 0 Å². The molecule has 6 heteroatoms. The molecule has 1 unspecified atom stereocenters.